The number of hydrazone groups is 1. The van der Waals surface area contributed by atoms with Crippen LogP contribution in [0.4, 0.5) is 18.9 Å². The highest BCUT2D eigenvalue weighted by atomic mass is 19.4. The molecule has 0 unspecified atom stereocenters. The van der Waals surface area contributed by atoms with Crippen LogP contribution in [-0.2, 0) is 15.8 Å². The summed E-state index contributed by atoms with van der Waals surface area (Å²) in [6.07, 6.45) is -4.79. The smallest absolute Gasteiger partial charge is 0.416 e. The van der Waals surface area contributed by atoms with Gasteiger partial charge in [-0.15, -0.1) is 0 Å². The Bertz CT molecular complexity index is 1550. The molecule has 0 aliphatic carbocycles. The van der Waals surface area contributed by atoms with Crippen molar-refractivity contribution in [3.63, 3.8) is 0 Å². The molecule has 4 aromatic rings. The molecule has 3 aromatic carbocycles. The Morgan fingerprint density at radius 3 is 2.21 bits per heavy atom. The molecule has 1 aromatic heterocycles. The molecule has 0 aliphatic rings. The second-order valence-electron chi connectivity index (χ2n) is 9.26. The third-order valence-electron chi connectivity index (χ3n) is 6.08. The van der Waals surface area contributed by atoms with Gasteiger partial charge in [-0.2, -0.15) is 18.3 Å². The number of nitrogens with one attached hydrogen (secondary N) is 2. The van der Waals surface area contributed by atoms with Gasteiger partial charge in [-0.3, -0.25) is 14.2 Å². The number of aromatic hydroxyl groups is 1. The Balaban J connectivity index is 1.62. The molecule has 0 spiro atoms. The van der Waals surface area contributed by atoms with Gasteiger partial charge in [0.25, 0.3) is 0 Å². The molecule has 4 rings (SSSR count). The number of amides is 2. The number of aromatic nitrogens is 1. The molecule has 39 heavy (non-hydrogen) atoms. The largest absolute Gasteiger partial charge is 0.494 e. The van der Waals surface area contributed by atoms with Crippen molar-refractivity contribution in [2.75, 3.05) is 5.32 Å². The SMILES string of the molecule is C/C(=N/NC(=O)CCC(=O)Nc1ccccc1)c1c(O)n(-c2cc(C)cc(C)c2)c2cc(C(F)(F)F)ccc12. The first-order valence-corrected chi connectivity index (χ1v) is 12.2. The van der Waals surface area contributed by atoms with E-state index in [1.54, 1.807) is 36.4 Å². The number of nitrogens with zero attached hydrogens (tertiary/aromatic N) is 2. The van der Waals surface area contributed by atoms with E-state index < -0.39 is 17.6 Å². The normalized spacial score (nSPS) is 12.0. The van der Waals surface area contributed by atoms with Crippen molar-refractivity contribution in [2.45, 2.75) is 39.8 Å². The molecule has 0 saturated heterocycles. The summed E-state index contributed by atoms with van der Waals surface area (Å²) in [6.45, 7) is 5.23. The summed E-state index contributed by atoms with van der Waals surface area (Å²) in [5, 5.41) is 18.3. The molecule has 10 heteroatoms. The van der Waals surface area contributed by atoms with E-state index in [9.17, 15) is 27.9 Å². The van der Waals surface area contributed by atoms with E-state index in [0.29, 0.717) is 16.8 Å². The lowest BCUT2D eigenvalue weighted by Gasteiger charge is -2.11. The predicted octanol–water partition coefficient (Wildman–Crippen LogP) is 6.23. The number of fused-ring (bicyclic) bond motifs is 1. The molecule has 1 heterocycles. The molecule has 0 radical (unpaired) electrons. The third kappa shape index (κ3) is 6.28. The van der Waals surface area contributed by atoms with Gasteiger partial charge >= 0.3 is 6.18 Å². The van der Waals surface area contributed by atoms with E-state index in [1.807, 2.05) is 26.0 Å². The number of carbonyl (C=O) groups is 2. The maximum absolute atomic E-state index is 13.5. The van der Waals surface area contributed by atoms with Gasteiger partial charge in [0.15, 0.2) is 0 Å². The minimum atomic E-state index is -4.58. The topological polar surface area (TPSA) is 95.7 Å². The number of benzene rings is 3. The van der Waals surface area contributed by atoms with Gasteiger partial charge in [0.05, 0.1) is 22.4 Å². The van der Waals surface area contributed by atoms with Gasteiger partial charge in [-0.25, -0.2) is 5.43 Å². The lowest BCUT2D eigenvalue weighted by atomic mass is 10.1. The highest BCUT2D eigenvalue weighted by molar-refractivity contribution is 6.13. The van der Waals surface area contributed by atoms with Crippen molar-refractivity contribution < 1.29 is 27.9 Å². The van der Waals surface area contributed by atoms with E-state index >= 15 is 0 Å². The fraction of sp³-hybridized carbons (Fsp3) is 0.207. The molecule has 0 bridgehead atoms. The number of halogens is 3. The number of hydrogen-bond donors (Lipinski definition) is 3. The zero-order valence-corrected chi connectivity index (χ0v) is 21.6. The van der Waals surface area contributed by atoms with E-state index in [2.05, 4.69) is 15.8 Å². The Labute approximate surface area is 223 Å². The minimum Gasteiger partial charge on any atom is -0.494 e. The van der Waals surface area contributed by atoms with Crippen molar-refractivity contribution in [1.29, 1.82) is 0 Å². The van der Waals surface area contributed by atoms with Gasteiger partial charge in [0.2, 0.25) is 17.7 Å². The van der Waals surface area contributed by atoms with Crippen molar-refractivity contribution >= 4 is 34.1 Å². The highest BCUT2D eigenvalue weighted by Crippen LogP contribution is 2.39. The van der Waals surface area contributed by atoms with Crippen molar-refractivity contribution in [1.82, 2.24) is 9.99 Å². The Hall–Kier alpha value is -4.60. The summed E-state index contributed by atoms with van der Waals surface area (Å²) >= 11 is 0. The van der Waals surface area contributed by atoms with Crippen LogP contribution in [0.2, 0.25) is 0 Å². The molecule has 0 atom stereocenters. The van der Waals surface area contributed by atoms with Gasteiger partial charge in [0.1, 0.15) is 0 Å². The Morgan fingerprint density at radius 2 is 1.56 bits per heavy atom. The van der Waals surface area contributed by atoms with Crippen LogP contribution in [0.15, 0.2) is 71.8 Å². The summed E-state index contributed by atoms with van der Waals surface area (Å²) in [4.78, 5) is 24.5. The van der Waals surface area contributed by atoms with Crippen LogP contribution in [0, 0.1) is 13.8 Å². The Kier molecular flexibility index (Phi) is 7.75. The van der Waals surface area contributed by atoms with Crippen molar-refractivity contribution in [3.05, 3.63) is 89.0 Å². The fourth-order valence-electron chi connectivity index (χ4n) is 4.38. The molecular formula is C29H27F3N4O3. The molecule has 7 nitrogen and oxygen atoms in total. The monoisotopic (exact) mass is 536 g/mol. The Morgan fingerprint density at radius 1 is 0.923 bits per heavy atom. The standard InChI is InChI=1S/C29H27F3N4O3/c1-17-13-18(2)15-22(14-17)36-24-16-20(29(30,31)32)9-10-23(24)27(28(36)39)19(3)34-35-26(38)12-11-25(37)33-21-7-5-4-6-8-21/h4-10,13-16,39H,11-12H2,1-3H3,(H,33,37)(H,35,38)/b34-19-. The summed E-state index contributed by atoms with van der Waals surface area (Å²) in [5.74, 6) is -1.19. The van der Waals surface area contributed by atoms with Crippen molar-refractivity contribution in [2.24, 2.45) is 5.10 Å². The van der Waals surface area contributed by atoms with Crippen LogP contribution in [0.3, 0.4) is 0 Å². The number of anilines is 1. The summed E-state index contributed by atoms with van der Waals surface area (Å²) in [5.41, 5.74) is 4.85. The third-order valence-corrected chi connectivity index (χ3v) is 6.08. The average molecular weight is 537 g/mol. The number of rotatable bonds is 7. The quantitative estimate of drug-likeness (QED) is 0.193. The number of hydrogen-bond acceptors (Lipinski definition) is 4. The molecular weight excluding hydrogens is 509 g/mol. The van der Waals surface area contributed by atoms with Crippen LogP contribution in [0.5, 0.6) is 5.88 Å². The molecule has 0 saturated carbocycles. The minimum absolute atomic E-state index is 0.0766. The number of para-hydroxylation sites is 1. The first-order chi connectivity index (χ1) is 18.4. The van der Waals surface area contributed by atoms with Gasteiger partial charge in [0, 0.05) is 29.6 Å². The van der Waals surface area contributed by atoms with Gasteiger partial charge < -0.3 is 10.4 Å². The zero-order valence-electron chi connectivity index (χ0n) is 21.6. The second-order valence-corrected chi connectivity index (χ2v) is 9.26. The molecule has 0 aliphatic heterocycles. The van der Waals surface area contributed by atoms with Crippen LogP contribution >= 0.6 is 0 Å². The average Bonchev–Trinajstić information content (AvgIpc) is 3.16. The first kappa shape index (κ1) is 27.4. The van der Waals surface area contributed by atoms with Gasteiger partial charge in [-0.05, 0) is 68.3 Å². The fourth-order valence-corrected chi connectivity index (χ4v) is 4.38. The van der Waals surface area contributed by atoms with E-state index in [-0.39, 0.29) is 41.4 Å². The molecule has 2 amide bonds. The van der Waals surface area contributed by atoms with Crippen molar-refractivity contribution in [3.8, 4) is 11.6 Å². The molecule has 3 N–H and O–H groups in total. The van der Waals surface area contributed by atoms with Crippen LogP contribution in [0.25, 0.3) is 16.6 Å². The van der Waals surface area contributed by atoms with Crippen LogP contribution in [-0.4, -0.2) is 27.2 Å². The summed E-state index contributed by atoms with van der Waals surface area (Å²) in [7, 11) is 0. The van der Waals surface area contributed by atoms with Crippen LogP contribution in [0.1, 0.15) is 42.0 Å². The lowest BCUT2D eigenvalue weighted by molar-refractivity contribution is -0.137. The number of carbonyl (C=O) groups excluding carboxylic acids is 2. The second kappa shape index (κ2) is 11.0. The summed E-state index contributed by atoms with van der Waals surface area (Å²) in [6, 6.07) is 17.4. The van der Waals surface area contributed by atoms with Gasteiger partial charge in [-0.1, -0.05) is 30.3 Å². The number of aryl methyl sites for hydroxylation is 2. The molecule has 0 fully saturated rings. The molecule has 202 valence electrons. The summed E-state index contributed by atoms with van der Waals surface area (Å²) < 4.78 is 41.9. The highest BCUT2D eigenvalue weighted by Gasteiger charge is 2.32. The maximum atomic E-state index is 13.5. The first-order valence-electron chi connectivity index (χ1n) is 12.2. The van der Waals surface area contributed by atoms with E-state index in [0.717, 1.165) is 23.3 Å². The zero-order chi connectivity index (χ0) is 28.3. The van der Waals surface area contributed by atoms with Crippen LogP contribution < -0.4 is 10.7 Å². The maximum Gasteiger partial charge on any atom is 0.416 e. The van der Waals surface area contributed by atoms with E-state index in [1.165, 1.54) is 17.6 Å². The van der Waals surface area contributed by atoms with E-state index in [4.69, 9.17) is 0 Å². The predicted molar refractivity (Wildman–Crippen MR) is 144 cm³/mol. The number of alkyl halides is 3. The lowest BCUT2D eigenvalue weighted by Crippen LogP contribution is -2.21.